The average molecular weight is 240 g/mol. The summed E-state index contributed by atoms with van der Waals surface area (Å²) in [4.78, 5) is 4.29. The first-order chi connectivity index (χ1) is 7.13. The summed E-state index contributed by atoms with van der Waals surface area (Å²) in [5, 5.41) is 9.73. The second kappa shape index (κ2) is 3.73. The van der Waals surface area contributed by atoms with Crippen LogP contribution in [0.15, 0.2) is 12.3 Å². The number of halogens is 2. The standard InChI is InChI=1S/C10H7Cl2N3/c1-6-9(2-3-13)15-5-7(11)4-8(12)10(15)14-6/h4-5H,2H2,1H3. The molecular weight excluding hydrogens is 233 g/mol. The number of nitrogens with zero attached hydrogens (tertiary/aromatic N) is 3. The van der Waals surface area contributed by atoms with Crippen LogP contribution in [0.25, 0.3) is 5.65 Å². The van der Waals surface area contributed by atoms with E-state index >= 15 is 0 Å². The Morgan fingerprint density at radius 2 is 2.27 bits per heavy atom. The van der Waals surface area contributed by atoms with Gasteiger partial charge in [0.25, 0.3) is 0 Å². The first-order valence-corrected chi connectivity index (χ1v) is 5.08. The number of imidazole rings is 1. The SMILES string of the molecule is Cc1nc2c(Cl)cc(Cl)cn2c1CC#N. The van der Waals surface area contributed by atoms with Gasteiger partial charge in [-0.1, -0.05) is 23.2 Å². The van der Waals surface area contributed by atoms with Crippen molar-refractivity contribution in [2.75, 3.05) is 0 Å². The van der Waals surface area contributed by atoms with Crippen LogP contribution >= 0.6 is 23.2 Å². The van der Waals surface area contributed by atoms with Crippen molar-refractivity contribution in [3.8, 4) is 6.07 Å². The molecule has 0 saturated carbocycles. The Morgan fingerprint density at radius 1 is 1.53 bits per heavy atom. The Balaban J connectivity index is 2.81. The van der Waals surface area contributed by atoms with Crippen LogP contribution in [0.5, 0.6) is 0 Å². The quantitative estimate of drug-likeness (QED) is 0.768. The normalized spacial score (nSPS) is 10.5. The maximum absolute atomic E-state index is 8.70. The van der Waals surface area contributed by atoms with E-state index in [1.165, 1.54) is 0 Å². The third-order valence-electron chi connectivity index (χ3n) is 2.19. The van der Waals surface area contributed by atoms with Crippen LogP contribution in [0.4, 0.5) is 0 Å². The van der Waals surface area contributed by atoms with Gasteiger partial charge >= 0.3 is 0 Å². The van der Waals surface area contributed by atoms with E-state index < -0.39 is 0 Å². The molecule has 15 heavy (non-hydrogen) atoms. The third kappa shape index (κ3) is 1.67. The molecule has 0 radical (unpaired) electrons. The highest BCUT2D eigenvalue weighted by atomic mass is 35.5. The lowest BCUT2D eigenvalue weighted by Gasteiger charge is -2.00. The van der Waals surface area contributed by atoms with Crippen molar-refractivity contribution in [3.63, 3.8) is 0 Å². The summed E-state index contributed by atoms with van der Waals surface area (Å²) in [6.45, 7) is 1.85. The summed E-state index contributed by atoms with van der Waals surface area (Å²) in [5.74, 6) is 0. The predicted octanol–water partition coefficient (Wildman–Crippen LogP) is 3.02. The van der Waals surface area contributed by atoms with Crippen LogP contribution in [0.2, 0.25) is 10.0 Å². The van der Waals surface area contributed by atoms with Gasteiger partial charge in [0.1, 0.15) is 0 Å². The molecule has 2 rings (SSSR count). The first kappa shape index (κ1) is 10.3. The number of hydrogen-bond acceptors (Lipinski definition) is 2. The molecule has 3 nitrogen and oxygen atoms in total. The van der Waals surface area contributed by atoms with Gasteiger partial charge in [-0.3, -0.25) is 0 Å². The Labute approximate surface area is 96.9 Å². The minimum absolute atomic E-state index is 0.295. The molecule has 0 atom stereocenters. The molecule has 0 aliphatic heterocycles. The molecule has 0 spiro atoms. The van der Waals surface area contributed by atoms with Crippen molar-refractivity contribution in [1.29, 1.82) is 5.26 Å². The highest BCUT2D eigenvalue weighted by Gasteiger charge is 2.11. The Morgan fingerprint density at radius 3 is 2.93 bits per heavy atom. The van der Waals surface area contributed by atoms with Gasteiger partial charge in [-0.25, -0.2) is 4.98 Å². The highest BCUT2D eigenvalue weighted by Crippen LogP contribution is 2.24. The molecule has 2 heterocycles. The number of hydrogen-bond donors (Lipinski definition) is 0. The second-order valence-corrected chi connectivity index (χ2v) is 4.02. The molecule has 0 aliphatic rings. The molecule has 0 N–H and O–H groups in total. The summed E-state index contributed by atoms with van der Waals surface area (Å²) >= 11 is 11.9. The van der Waals surface area contributed by atoms with Crippen molar-refractivity contribution in [3.05, 3.63) is 33.7 Å². The monoisotopic (exact) mass is 239 g/mol. The lowest BCUT2D eigenvalue weighted by Crippen LogP contribution is -1.93. The van der Waals surface area contributed by atoms with Crippen LogP contribution in [-0.2, 0) is 6.42 Å². The fourth-order valence-corrected chi connectivity index (χ4v) is 2.03. The summed E-state index contributed by atoms with van der Waals surface area (Å²) in [7, 11) is 0. The zero-order chi connectivity index (χ0) is 11.0. The van der Waals surface area contributed by atoms with Crippen LogP contribution in [0, 0.1) is 18.3 Å². The van der Waals surface area contributed by atoms with Crippen molar-refractivity contribution in [1.82, 2.24) is 9.38 Å². The molecule has 76 valence electrons. The summed E-state index contributed by atoms with van der Waals surface area (Å²) in [5.41, 5.74) is 2.28. The van der Waals surface area contributed by atoms with Gasteiger partial charge in [-0.15, -0.1) is 0 Å². The largest absolute Gasteiger partial charge is 0.300 e. The number of fused-ring (bicyclic) bond motifs is 1. The van der Waals surface area contributed by atoms with E-state index in [0.717, 1.165) is 11.4 Å². The molecule has 0 aromatic carbocycles. The van der Waals surface area contributed by atoms with Crippen LogP contribution in [-0.4, -0.2) is 9.38 Å². The lowest BCUT2D eigenvalue weighted by molar-refractivity contribution is 1.04. The Bertz CT molecular complexity index is 566. The third-order valence-corrected chi connectivity index (χ3v) is 2.67. The number of aryl methyl sites for hydroxylation is 1. The predicted molar refractivity (Wildman–Crippen MR) is 59.3 cm³/mol. The van der Waals surface area contributed by atoms with E-state index in [-0.39, 0.29) is 0 Å². The molecule has 2 aromatic rings. The number of aromatic nitrogens is 2. The fourth-order valence-electron chi connectivity index (χ4n) is 1.52. The van der Waals surface area contributed by atoms with Crippen molar-refractivity contribution < 1.29 is 0 Å². The smallest absolute Gasteiger partial charge is 0.156 e. The van der Waals surface area contributed by atoms with Gasteiger partial charge in [0, 0.05) is 6.20 Å². The average Bonchev–Trinajstić information content (AvgIpc) is 2.46. The molecule has 5 heteroatoms. The summed E-state index contributed by atoms with van der Waals surface area (Å²) in [6.07, 6.45) is 2.01. The summed E-state index contributed by atoms with van der Waals surface area (Å²) in [6, 6.07) is 3.73. The van der Waals surface area contributed by atoms with Gasteiger partial charge in [0.2, 0.25) is 0 Å². The van der Waals surface area contributed by atoms with Crippen molar-refractivity contribution in [2.24, 2.45) is 0 Å². The minimum atomic E-state index is 0.295. The highest BCUT2D eigenvalue weighted by molar-refractivity contribution is 6.36. The van der Waals surface area contributed by atoms with Crippen LogP contribution < -0.4 is 0 Å². The molecule has 0 amide bonds. The Hall–Kier alpha value is -1.24. The minimum Gasteiger partial charge on any atom is -0.300 e. The van der Waals surface area contributed by atoms with Crippen molar-refractivity contribution in [2.45, 2.75) is 13.3 Å². The van der Waals surface area contributed by atoms with E-state index in [9.17, 15) is 0 Å². The maximum atomic E-state index is 8.70. The second-order valence-electron chi connectivity index (χ2n) is 3.18. The molecule has 0 unspecified atom stereocenters. The van der Waals surface area contributed by atoms with Gasteiger partial charge in [-0.05, 0) is 13.0 Å². The lowest BCUT2D eigenvalue weighted by atomic mass is 10.3. The van der Waals surface area contributed by atoms with Crippen molar-refractivity contribution >= 4 is 28.8 Å². The number of nitriles is 1. The first-order valence-electron chi connectivity index (χ1n) is 4.33. The zero-order valence-electron chi connectivity index (χ0n) is 7.96. The molecule has 0 bridgehead atoms. The summed E-state index contributed by atoms with van der Waals surface area (Å²) < 4.78 is 1.77. The molecular formula is C10H7Cl2N3. The van der Waals surface area contributed by atoms with E-state index in [0.29, 0.717) is 22.1 Å². The molecule has 2 aromatic heterocycles. The Kier molecular flexibility index (Phi) is 2.56. The van der Waals surface area contributed by atoms with Crippen LogP contribution in [0.3, 0.4) is 0 Å². The van der Waals surface area contributed by atoms with Gasteiger partial charge in [-0.2, -0.15) is 5.26 Å². The van der Waals surface area contributed by atoms with E-state index in [4.69, 9.17) is 28.5 Å². The van der Waals surface area contributed by atoms with E-state index in [1.807, 2.05) is 6.92 Å². The molecule has 0 aliphatic carbocycles. The van der Waals surface area contributed by atoms with E-state index in [2.05, 4.69) is 11.1 Å². The van der Waals surface area contributed by atoms with Crippen LogP contribution in [0.1, 0.15) is 11.4 Å². The molecule has 0 fully saturated rings. The molecule has 0 saturated heterocycles. The topological polar surface area (TPSA) is 41.1 Å². The van der Waals surface area contributed by atoms with Gasteiger partial charge in [0.05, 0.1) is 33.9 Å². The maximum Gasteiger partial charge on any atom is 0.156 e. The van der Waals surface area contributed by atoms with Gasteiger partial charge < -0.3 is 4.40 Å². The number of pyridine rings is 1. The number of rotatable bonds is 1. The van der Waals surface area contributed by atoms with E-state index in [1.54, 1.807) is 16.7 Å². The fraction of sp³-hybridized carbons (Fsp3) is 0.200. The van der Waals surface area contributed by atoms with Gasteiger partial charge in [0.15, 0.2) is 5.65 Å². The zero-order valence-corrected chi connectivity index (χ0v) is 9.47.